The van der Waals surface area contributed by atoms with E-state index < -0.39 is 6.04 Å². The molecule has 0 aliphatic carbocycles. The van der Waals surface area contributed by atoms with Crippen LogP contribution in [-0.4, -0.2) is 35.2 Å². The first kappa shape index (κ1) is 20.1. The van der Waals surface area contributed by atoms with Crippen molar-refractivity contribution in [2.45, 2.75) is 39.3 Å². The second-order valence-electron chi connectivity index (χ2n) is 5.40. The number of carbonyl (C=O) groups is 1. The van der Waals surface area contributed by atoms with Crippen molar-refractivity contribution in [1.29, 1.82) is 0 Å². The molecule has 7 heteroatoms. The second-order valence-corrected chi connectivity index (χ2v) is 7.20. The lowest BCUT2D eigenvalue weighted by Crippen LogP contribution is -2.44. The summed E-state index contributed by atoms with van der Waals surface area (Å²) in [5.74, 6) is 0.534. The lowest BCUT2D eigenvalue weighted by molar-refractivity contribution is -0.149. The molecule has 0 radical (unpaired) electrons. The second kappa shape index (κ2) is 10.0. The molecule has 0 aliphatic heterocycles. The summed E-state index contributed by atoms with van der Waals surface area (Å²) in [7, 11) is 0. The van der Waals surface area contributed by atoms with Crippen LogP contribution in [-0.2, 0) is 9.53 Å². The Kier molecular flexibility index (Phi) is 8.73. The number of carbonyl (C=O) groups excluding carboxylic acids is 1. The molecule has 0 fully saturated rings. The fourth-order valence-electron chi connectivity index (χ4n) is 1.84. The zero-order valence-electron chi connectivity index (χ0n) is 13.8. The number of thiocarbonyl (C=S) groups is 1. The van der Waals surface area contributed by atoms with Gasteiger partial charge in [-0.1, -0.05) is 17.7 Å². The van der Waals surface area contributed by atoms with Gasteiger partial charge >= 0.3 is 5.97 Å². The number of ether oxygens (including phenoxy) is 1. The summed E-state index contributed by atoms with van der Waals surface area (Å²) in [5.41, 5.74) is 1.77. The molecule has 2 N–H and O–H groups in total. The Morgan fingerprint density at radius 1 is 1.43 bits per heavy atom. The van der Waals surface area contributed by atoms with Crippen LogP contribution in [0.5, 0.6) is 0 Å². The van der Waals surface area contributed by atoms with Crippen molar-refractivity contribution < 1.29 is 9.53 Å². The van der Waals surface area contributed by atoms with Crippen molar-refractivity contribution >= 4 is 52.3 Å². The minimum atomic E-state index is -0.478. The van der Waals surface area contributed by atoms with E-state index in [2.05, 4.69) is 10.6 Å². The van der Waals surface area contributed by atoms with E-state index in [9.17, 15) is 4.79 Å². The quantitative estimate of drug-likeness (QED) is 0.555. The van der Waals surface area contributed by atoms with Crippen LogP contribution in [0, 0.1) is 6.92 Å². The minimum Gasteiger partial charge on any atom is -0.461 e. The molecule has 23 heavy (non-hydrogen) atoms. The van der Waals surface area contributed by atoms with Crippen LogP contribution < -0.4 is 10.6 Å². The predicted octanol–water partition coefficient (Wildman–Crippen LogP) is 4.01. The largest absolute Gasteiger partial charge is 0.461 e. The molecule has 1 rings (SSSR count). The fraction of sp³-hybridized carbons (Fsp3) is 0.500. The summed E-state index contributed by atoms with van der Waals surface area (Å²) in [6, 6.07) is 5.17. The molecule has 0 bridgehead atoms. The Morgan fingerprint density at radius 2 is 2.13 bits per heavy atom. The molecule has 0 aromatic heterocycles. The van der Waals surface area contributed by atoms with Gasteiger partial charge in [-0.05, 0) is 69.1 Å². The van der Waals surface area contributed by atoms with E-state index in [4.69, 9.17) is 28.6 Å². The standard InChI is InChI=1S/C16H23ClN2O2S2/c1-10(2)21-15(20)14(7-8-23-4)19-16(22)18-13-6-5-11(3)9-12(13)17/h5-6,9-10,14H,7-8H2,1-4H3,(H2,18,19,22). The number of nitrogens with one attached hydrogen (secondary N) is 2. The van der Waals surface area contributed by atoms with Crippen molar-refractivity contribution in [2.75, 3.05) is 17.3 Å². The number of benzene rings is 1. The molecule has 0 amide bonds. The number of thioether (sulfide) groups is 1. The smallest absolute Gasteiger partial charge is 0.328 e. The summed E-state index contributed by atoms with van der Waals surface area (Å²) in [6.45, 7) is 5.62. The molecule has 1 aromatic rings. The van der Waals surface area contributed by atoms with Crippen LogP contribution in [0.1, 0.15) is 25.8 Å². The van der Waals surface area contributed by atoms with Crippen LogP contribution in [0.15, 0.2) is 18.2 Å². The number of hydrogen-bond donors (Lipinski definition) is 2. The highest BCUT2D eigenvalue weighted by molar-refractivity contribution is 7.98. The van der Waals surface area contributed by atoms with E-state index in [1.165, 1.54) is 0 Å². The maximum atomic E-state index is 12.2. The minimum absolute atomic E-state index is 0.158. The first-order chi connectivity index (χ1) is 10.8. The van der Waals surface area contributed by atoms with E-state index in [0.29, 0.717) is 22.2 Å². The molecule has 1 unspecified atom stereocenters. The van der Waals surface area contributed by atoms with Crippen LogP contribution in [0.4, 0.5) is 5.69 Å². The zero-order chi connectivity index (χ0) is 17.4. The number of halogens is 1. The monoisotopic (exact) mass is 374 g/mol. The molecule has 1 atom stereocenters. The molecule has 0 saturated carbocycles. The van der Waals surface area contributed by atoms with Crippen LogP contribution in [0.2, 0.25) is 5.02 Å². The van der Waals surface area contributed by atoms with Gasteiger partial charge in [0.1, 0.15) is 6.04 Å². The SMILES string of the molecule is CSCCC(NC(=S)Nc1ccc(C)cc1Cl)C(=O)OC(C)C. The maximum Gasteiger partial charge on any atom is 0.328 e. The number of aryl methyl sites for hydroxylation is 1. The molecule has 4 nitrogen and oxygen atoms in total. The van der Waals surface area contributed by atoms with E-state index in [0.717, 1.165) is 11.3 Å². The van der Waals surface area contributed by atoms with Gasteiger partial charge in [0.2, 0.25) is 0 Å². The number of rotatable bonds is 7. The van der Waals surface area contributed by atoms with Gasteiger partial charge < -0.3 is 15.4 Å². The fourth-order valence-corrected chi connectivity index (χ4v) is 2.84. The molecule has 0 aliphatic rings. The highest BCUT2D eigenvalue weighted by atomic mass is 35.5. The van der Waals surface area contributed by atoms with Crippen LogP contribution in [0.25, 0.3) is 0 Å². The van der Waals surface area contributed by atoms with Crippen molar-refractivity contribution in [1.82, 2.24) is 5.32 Å². The first-order valence-electron chi connectivity index (χ1n) is 7.36. The van der Waals surface area contributed by atoms with Gasteiger partial charge in [0, 0.05) is 0 Å². The van der Waals surface area contributed by atoms with E-state index in [1.807, 2.05) is 45.2 Å². The van der Waals surface area contributed by atoms with Gasteiger partial charge in [0.15, 0.2) is 5.11 Å². The van der Waals surface area contributed by atoms with Gasteiger partial charge in [-0.3, -0.25) is 0 Å². The average Bonchev–Trinajstić information content (AvgIpc) is 2.45. The van der Waals surface area contributed by atoms with Crippen LogP contribution >= 0.6 is 35.6 Å². The van der Waals surface area contributed by atoms with Crippen molar-refractivity contribution in [3.63, 3.8) is 0 Å². The highest BCUT2D eigenvalue weighted by Gasteiger charge is 2.21. The third kappa shape index (κ3) is 7.42. The summed E-state index contributed by atoms with van der Waals surface area (Å²) in [4.78, 5) is 12.2. The summed E-state index contributed by atoms with van der Waals surface area (Å²) >= 11 is 13.1. The van der Waals surface area contributed by atoms with Crippen molar-refractivity contribution in [3.05, 3.63) is 28.8 Å². The third-order valence-corrected chi connectivity index (χ3v) is 4.10. The Hall–Kier alpha value is -0.980. The molecule has 1 aromatic carbocycles. The third-order valence-electron chi connectivity index (χ3n) is 2.93. The predicted molar refractivity (Wildman–Crippen MR) is 104 cm³/mol. The van der Waals surface area contributed by atoms with Gasteiger partial charge in [-0.2, -0.15) is 11.8 Å². The van der Waals surface area contributed by atoms with E-state index in [-0.39, 0.29) is 12.1 Å². The van der Waals surface area contributed by atoms with Crippen molar-refractivity contribution in [2.24, 2.45) is 0 Å². The van der Waals surface area contributed by atoms with Crippen LogP contribution in [0.3, 0.4) is 0 Å². The number of esters is 1. The number of hydrogen-bond acceptors (Lipinski definition) is 4. The normalized spacial score (nSPS) is 11.9. The van der Waals surface area contributed by atoms with Gasteiger partial charge in [0.05, 0.1) is 16.8 Å². The summed E-state index contributed by atoms with van der Waals surface area (Å²) < 4.78 is 5.28. The van der Waals surface area contributed by atoms with Crippen molar-refractivity contribution in [3.8, 4) is 0 Å². The summed E-state index contributed by atoms with van der Waals surface area (Å²) in [5, 5.41) is 6.98. The van der Waals surface area contributed by atoms with Gasteiger partial charge in [-0.25, -0.2) is 4.79 Å². The highest BCUT2D eigenvalue weighted by Crippen LogP contribution is 2.22. The lowest BCUT2D eigenvalue weighted by atomic mass is 10.2. The Bertz CT molecular complexity index is 553. The molecule has 128 valence electrons. The number of anilines is 1. The molecular formula is C16H23ClN2O2S2. The molecule has 0 saturated heterocycles. The Labute approximate surface area is 152 Å². The maximum absolute atomic E-state index is 12.2. The molecular weight excluding hydrogens is 352 g/mol. The summed E-state index contributed by atoms with van der Waals surface area (Å²) in [6.07, 6.45) is 2.47. The average molecular weight is 375 g/mol. The molecule has 0 spiro atoms. The first-order valence-corrected chi connectivity index (χ1v) is 9.54. The Balaban J connectivity index is 2.70. The topological polar surface area (TPSA) is 50.4 Å². The van der Waals surface area contributed by atoms with E-state index >= 15 is 0 Å². The van der Waals surface area contributed by atoms with Gasteiger partial charge in [-0.15, -0.1) is 0 Å². The van der Waals surface area contributed by atoms with E-state index in [1.54, 1.807) is 11.8 Å². The molecule has 0 heterocycles. The lowest BCUT2D eigenvalue weighted by Gasteiger charge is -2.21. The zero-order valence-corrected chi connectivity index (χ0v) is 16.2. The Morgan fingerprint density at radius 3 is 2.70 bits per heavy atom. The van der Waals surface area contributed by atoms with Gasteiger partial charge in [0.25, 0.3) is 0 Å².